The normalized spacial score (nSPS) is 15.3. The van der Waals surface area contributed by atoms with Gasteiger partial charge >= 0.3 is 0 Å². The molecule has 2 heterocycles. The van der Waals surface area contributed by atoms with E-state index in [1.165, 1.54) is 0 Å². The van der Waals surface area contributed by atoms with Crippen LogP contribution in [-0.4, -0.2) is 29.0 Å². The van der Waals surface area contributed by atoms with Crippen LogP contribution in [0.2, 0.25) is 0 Å². The fourth-order valence-electron chi connectivity index (χ4n) is 2.01. The molecule has 18 heavy (non-hydrogen) atoms. The lowest BCUT2D eigenvalue weighted by atomic mass is 9.99. The highest BCUT2D eigenvalue weighted by Crippen LogP contribution is 2.16. The number of anilines is 1. The number of amides is 1. The van der Waals surface area contributed by atoms with Crippen molar-refractivity contribution >= 4 is 22.6 Å². The van der Waals surface area contributed by atoms with Crippen LogP contribution < -0.4 is 10.6 Å². The van der Waals surface area contributed by atoms with Crippen molar-refractivity contribution in [2.75, 3.05) is 18.4 Å². The molecule has 0 spiro atoms. The van der Waals surface area contributed by atoms with Crippen molar-refractivity contribution in [2.24, 2.45) is 5.92 Å². The minimum Gasteiger partial charge on any atom is -0.326 e. The average molecular weight is 242 g/mol. The summed E-state index contributed by atoms with van der Waals surface area (Å²) in [6, 6.07) is 5.57. The van der Waals surface area contributed by atoms with Gasteiger partial charge in [-0.3, -0.25) is 14.8 Å². The summed E-state index contributed by atoms with van der Waals surface area (Å²) >= 11 is 0. The smallest absolute Gasteiger partial charge is 0.224 e. The molecule has 1 fully saturated rings. The van der Waals surface area contributed by atoms with Crippen LogP contribution in [0.15, 0.2) is 30.6 Å². The summed E-state index contributed by atoms with van der Waals surface area (Å²) in [4.78, 5) is 20.2. The van der Waals surface area contributed by atoms with Crippen LogP contribution in [0.25, 0.3) is 11.0 Å². The van der Waals surface area contributed by atoms with Gasteiger partial charge in [0, 0.05) is 24.5 Å². The second-order valence-corrected chi connectivity index (χ2v) is 4.54. The van der Waals surface area contributed by atoms with Crippen molar-refractivity contribution in [2.45, 2.75) is 6.42 Å². The maximum atomic E-state index is 11.8. The van der Waals surface area contributed by atoms with E-state index in [0.717, 1.165) is 29.8 Å². The number of carbonyl (C=O) groups excluding carboxylic acids is 1. The highest BCUT2D eigenvalue weighted by atomic mass is 16.1. The van der Waals surface area contributed by atoms with E-state index in [0.29, 0.717) is 12.3 Å². The maximum absolute atomic E-state index is 11.8. The van der Waals surface area contributed by atoms with Gasteiger partial charge < -0.3 is 10.6 Å². The van der Waals surface area contributed by atoms with E-state index in [4.69, 9.17) is 0 Å². The molecule has 5 heteroatoms. The quantitative estimate of drug-likeness (QED) is 0.848. The van der Waals surface area contributed by atoms with Crippen molar-refractivity contribution in [3.8, 4) is 0 Å². The summed E-state index contributed by atoms with van der Waals surface area (Å²) in [6.07, 6.45) is 3.88. The molecule has 1 aliphatic heterocycles. The Morgan fingerprint density at radius 1 is 1.28 bits per heavy atom. The third kappa shape index (κ3) is 2.31. The SMILES string of the molecule is O=C(CC1CNC1)Nc1ccc2nccnc2c1. The Labute approximate surface area is 105 Å². The van der Waals surface area contributed by atoms with Gasteiger partial charge in [-0.25, -0.2) is 0 Å². The van der Waals surface area contributed by atoms with Gasteiger partial charge in [-0.1, -0.05) is 0 Å². The fourth-order valence-corrected chi connectivity index (χ4v) is 2.01. The molecule has 0 atom stereocenters. The van der Waals surface area contributed by atoms with Crippen LogP contribution in [0.3, 0.4) is 0 Å². The second-order valence-electron chi connectivity index (χ2n) is 4.54. The number of carbonyl (C=O) groups is 1. The Hall–Kier alpha value is -2.01. The van der Waals surface area contributed by atoms with Gasteiger partial charge in [-0.15, -0.1) is 0 Å². The van der Waals surface area contributed by atoms with E-state index in [2.05, 4.69) is 20.6 Å². The molecular weight excluding hydrogens is 228 g/mol. The zero-order valence-corrected chi connectivity index (χ0v) is 9.89. The third-order valence-electron chi connectivity index (χ3n) is 3.09. The zero-order chi connectivity index (χ0) is 12.4. The Morgan fingerprint density at radius 3 is 2.78 bits per heavy atom. The molecule has 5 nitrogen and oxygen atoms in total. The number of benzene rings is 1. The fraction of sp³-hybridized carbons (Fsp3) is 0.308. The first-order chi connectivity index (χ1) is 8.81. The van der Waals surface area contributed by atoms with Crippen LogP contribution in [-0.2, 0) is 4.79 Å². The maximum Gasteiger partial charge on any atom is 0.224 e. The lowest BCUT2D eigenvalue weighted by Gasteiger charge is -2.26. The number of nitrogens with one attached hydrogen (secondary N) is 2. The van der Waals surface area contributed by atoms with Crippen LogP contribution in [0, 0.1) is 5.92 Å². The second kappa shape index (κ2) is 4.70. The van der Waals surface area contributed by atoms with E-state index in [1.54, 1.807) is 12.4 Å². The number of aromatic nitrogens is 2. The molecule has 0 aliphatic carbocycles. The van der Waals surface area contributed by atoms with Crippen LogP contribution in [0.1, 0.15) is 6.42 Å². The molecule has 1 aromatic heterocycles. The Bertz CT molecular complexity index is 580. The summed E-state index contributed by atoms with van der Waals surface area (Å²) in [5.74, 6) is 0.537. The van der Waals surface area contributed by atoms with Crippen molar-refractivity contribution in [3.63, 3.8) is 0 Å². The van der Waals surface area contributed by atoms with Gasteiger partial charge in [0.15, 0.2) is 0 Å². The van der Waals surface area contributed by atoms with Crippen LogP contribution in [0.5, 0.6) is 0 Å². The van der Waals surface area contributed by atoms with Gasteiger partial charge in [-0.2, -0.15) is 0 Å². The van der Waals surface area contributed by atoms with Crippen molar-refractivity contribution in [1.29, 1.82) is 0 Å². The third-order valence-corrected chi connectivity index (χ3v) is 3.09. The largest absolute Gasteiger partial charge is 0.326 e. The molecule has 1 aliphatic rings. The number of fused-ring (bicyclic) bond motifs is 1. The molecule has 0 saturated carbocycles. The zero-order valence-electron chi connectivity index (χ0n) is 9.89. The standard InChI is InChI=1S/C13H14N4O/c18-13(5-9-7-14-8-9)17-10-1-2-11-12(6-10)16-4-3-15-11/h1-4,6,9,14H,5,7-8H2,(H,17,18). The van der Waals surface area contributed by atoms with Crippen molar-refractivity contribution < 1.29 is 4.79 Å². The lowest BCUT2D eigenvalue weighted by molar-refractivity contribution is -0.117. The van der Waals surface area contributed by atoms with Crippen molar-refractivity contribution in [1.82, 2.24) is 15.3 Å². The molecule has 0 unspecified atom stereocenters. The number of hydrogen-bond donors (Lipinski definition) is 2. The average Bonchev–Trinajstić information content (AvgIpc) is 2.34. The summed E-state index contributed by atoms with van der Waals surface area (Å²) < 4.78 is 0. The molecule has 2 aromatic rings. The highest BCUT2D eigenvalue weighted by Gasteiger charge is 2.20. The molecule has 1 amide bonds. The van der Waals surface area contributed by atoms with E-state index in [-0.39, 0.29) is 5.91 Å². The van der Waals surface area contributed by atoms with Gasteiger partial charge in [0.1, 0.15) is 0 Å². The molecule has 0 radical (unpaired) electrons. The van der Waals surface area contributed by atoms with Gasteiger partial charge in [0.2, 0.25) is 5.91 Å². The van der Waals surface area contributed by atoms with Crippen LogP contribution >= 0.6 is 0 Å². The minimum absolute atomic E-state index is 0.0599. The summed E-state index contributed by atoms with van der Waals surface area (Å²) in [5, 5.41) is 6.06. The van der Waals surface area contributed by atoms with Gasteiger partial charge in [-0.05, 0) is 37.2 Å². The predicted octanol–water partition coefficient (Wildman–Crippen LogP) is 1.18. The van der Waals surface area contributed by atoms with Gasteiger partial charge in [0.25, 0.3) is 0 Å². The van der Waals surface area contributed by atoms with Crippen molar-refractivity contribution in [3.05, 3.63) is 30.6 Å². The van der Waals surface area contributed by atoms with Gasteiger partial charge in [0.05, 0.1) is 11.0 Å². The highest BCUT2D eigenvalue weighted by molar-refractivity contribution is 5.93. The lowest BCUT2D eigenvalue weighted by Crippen LogP contribution is -2.43. The molecule has 1 aromatic carbocycles. The van der Waals surface area contributed by atoms with E-state index in [9.17, 15) is 4.79 Å². The first-order valence-electron chi connectivity index (χ1n) is 6.02. The Kier molecular flexibility index (Phi) is 2.90. The molecule has 2 N–H and O–H groups in total. The molecular formula is C13H14N4O. The first kappa shape index (κ1) is 11.1. The molecule has 1 saturated heterocycles. The number of hydrogen-bond acceptors (Lipinski definition) is 4. The molecule has 0 bridgehead atoms. The Morgan fingerprint density at radius 2 is 2.06 bits per heavy atom. The summed E-state index contributed by atoms with van der Waals surface area (Å²) in [7, 11) is 0. The Balaban J connectivity index is 1.71. The number of nitrogens with zero attached hydrogens (tertiary/aromatic N) is 2. The number of rotatable bonds is 3. The van der Waals surface area contributed by atoms with Crippen LogP contribution in [0.4, 0.5) is 5.69 Å². The van der Waals surface area contributed by atoms with E-state index < -0.39 is 0 Å². The predicted molar refractivity (Wildman–Crippen MR) is 69.1 cm³/mol. The summed E-state index contributed by atoms with van der Waals surface area (Å²) in [6.45, 7) is 1.88. The topological polar surface area (TPSA) is 66.9 Å². The van der Waals surface area contributed by atoms with E-state index in [1.807, 2.05) is 18.2 Å². The monoisotopic (exact) mass is 242 g/mol. The van der Waals surface area contributed by atoms with E-state index >= 15 is 0 Å². The summed E-state index contributed by atoms with van der Waals surface area (Å²) in [5.41, 5.74) is 2.40. The molecule has 92 valence electrons. The molecule has 3 rings (SSSR count). The minimum atomic E-state index is 0.0599. The first-order valence-corrected chi connectivity index (χ1v) is 6.02.